The van der Waals surface area contributed by atoms with Crippen molar-refractivity contribution in [3.63, 3.8) is 0 Å². The highest BCUT2D eigenvalue weighted by atomic mass is 16.2. The Morgan fingerprint density at radius 1 is 1.04 bits per heavy atom. The highest BCUT2D eigenvalue weighted by molar-refractivity contribution is 5.81. The van der Waals surface area contributed by atoms with E-state index in [1.807, 2.05) is 24.3 Å². The zero-order chi connectivity index (χ0) is 17.8. The molecule has 0 aliphatic heterocycles. The van der Waals surface area contributed by atoms with E-state index in [0.717, 1.165) is 29.0 Å². The van der Waals surface area contributed by atoms with Crippen molar-refractivity contribution < 1.29 is 0 Å². The predicted octanol–water partition coefficient (Wildman–Crippen LogP) is 2.42. The molecule has 1 aromatic heterocycles. The van der Waals surface area contributed by atoms with Crippen molar-refractivity contribution in [2.45, 2.75) is 13.8 Å². The summed E-state index contributed by atoms with van der Waals surface area (Å²) in [4.78, 5) is 29.4. The number of anilines is 1. The largest absolute Gasteiger partial charge is 0.372 e. The summed E-state index contributed by atoms with van der Waals surface area (Å²) in [6.07, 6.45) is 1.51. The third-order valence-electron chi connectivity index (χ3n) is 4.13. The number of H-pyrrole nitrogens is 1. The van der Waals surface area contributed by atoms with Crippen molar-refractivity contribution in [3.05, 3.63) is 74.9 Å². The molecule has 6 nitrogen and oxygen atoms in total. The Balaban J connectivity index is 1.93. The van der Waals surface area contributed by atoms with E-state index in [2.05, 4.69) is 28.8 Å². The fourth-order valence-corrected chi connectivity index (χ4v) is 2.74. The molecule has 0 fully saturated rings. The van der Waals surface area contributed by atoms with Crippen molar-refractivity contribution in [2.24, 2.45) is 5.10 Å². The van der Waals surface area contributed by atoms with Gasteiger partial charge in [0.2, 0.25) is 0 Å². The topological polar surface area (TPSA) is 70.5 Å². The summed E-state index contributed by atoms with van der Waals surface area (Å²) in [5.41, 5.74) is 1.46. The Morgan fingerprint density at radius 3 is 2.40 bits per heavy atom. The molecule has 0 amide bonds. The minimum Gasteiger partial charge on any atom is -0.372 e. The van der Waals surface area contributed by atoms with Crippen LogP contribution in [0.5, 0.6) is 0 Å². The number of benzene rings is 2. The zero-order valence-corrected chi connectivity index (χ0v) is 14.3. The van der Waals surface area contributed by atoms with Gasteiger partial charge in [-0.2, -0.15) is 5.10 Å². The van der Waals surface area contributed by atoms with Gasteiger partial charge in [0.1, 0.15) is 0 Å². The van der Waals surface area contributed by atoms with E-state index in [4.69, 9.17) is 0 Å². The van der Waals surface area contributed by atoms with Crippen molar-refractivity contribution >= 4 is 22.8 Å². The highest BCUT2D eigenvalue weighted by Gasteiger charge is 2.05. The van der Waals surface area contributed by atoms with Gasteiger partial charge >= 0.3 is 5.69 Å². The van der Waals surface area contributed by atoms with E-state index >= 15 is 0 Å². The van der Waals surface area contributed by atoms with Gasteiger partial charge in [-0.25, -0.2) is 4.79 Å². The minimum atomic E-state index is -0.556. The molecule has 128 valence electrons. The standard InChI is InChI=1S/C19H20N4O2/c1-3-22(4-2)15-11-9-14(10-12-15)13-20-23-18(24)16-7-5-6-8-17(16)21-19(23)25/h5-13H,3-4H2,1-2H3,(H,21,25). The molecule has 3 rings (SSSR count). The molecule has 1 heterocycles. The molecule has 1 N–H and O–H groups in total. The van der Waals surface area contributed by atoms with E-state index in [0.29, 0.717) is 10.9 Å². The van der Waals surface area contributed by atoms with Crippen LogP contribution in [-0.4, -0.2) is 29.0 Å². The summed E-state index contributed by atoms with van der Waals surface area (Å²) in [6.45, 7) is 6.09. The van der Waals surface area contributed by atoms with Crippen LogP contribution in [-0.2, 0) is 0 Å². The van der Waals surface area contributed by atoms with Gasteiger partial charge in [-0.15, -0.1) is 4.68 Å². The number of hydrogen-bond acceptors (Lipinski definition) is 4. The monoisotopic (exact) mass is 336 g/mol. The lowest BCUT2D eigenvalue weighted by Gasteiger charge is -2.20. The second-order valence-electron chi connectivity index (χ2n) is 5.60. The molecule has 0 aliphatic rings. The van der Waals surface area contributed by atoms with Crippen LogP contribution in [0.2, 0.25) is 0 Å². The average molecular weight is 336 g/mol. The van der Waals surface area contributed by atoms with Crippen LogP contribution in [0, 0.1) is 0 Å². The van der Waals surface area contributed by atoms with Crippen LogP contribution in [0.3, 0.4) is 0 Å². The van der Waals surface area contributed by atoms with Crippen molar-refractivity contribution in [1.29, 1.82) is 0 Å². The van der Waals surface area contributed by atoms with E-state index < -0.39 is 11.2 Å². The number of para-hydroxylation sites is 1. The van der Waals surface area contributed by atoms with E-state index in [1.165, 1.54) is 6.21 Å². The fourth-order valence-electron chi connectivity index (χ4n) is 2.74. The number of aromatic amines is 1. The number of aromatic nitrogens is 2. The van der Waals surface area contributed by atoms with Crippen LogP contribution in [0.25, 0.3) is 10.9 Å². The third-order valence-corrected chi connectivity index (χ3v) is 4.13. The van der Waals surface area contributed by atoms with Gasteiger partial charge in [0, 0.05) is 18.8 Å². The zero-order valence-electron chi connectivity index (χ0n) is 14.3. The van der Waals surface area contributed by atoms with Crippen LogP contribution < -0.4 is 16.1 Å². The number of hydrogen-bond donors (Lipinski definition) is 1. The second-order valence-corrected chi connectivity index (χ2v) is 5.60. The average Bonchev–Trinajstić information content (AvgIpc) is 2.64. The molecule has 0 aliphatic carbocycles. The number of nitrogens with one attached hydrogen (secondary N) is 1. The predicted molar refractivity (Wildman–Crippen MR) is 102 cm³/mol. The summed E-state index contributed by atoms with van der Waals surface area (Å²) in [5, 5.41) is 4.49. The molecule has 0 saturated carbocycles. The smallest absolute Gasteiger partial charge is 0.349 e. The van der Waals surface area contributed by atoms with Gasteiger partial charge < -0.3 is 9.88 Å². The third kappa shape index (κ3) is 3.38. The Morgan fingerprint density at radius 2 is 1.72 bits per heavy atom. The van der Waals surface area contributed by atoms with Gasteiger partial charge in [-0.05, 0) is 43.7 Å². The SMILES string of the molecule is CCN(CC)c1ccc(C=Nn2c(=O)[nH]c3ccccc3c2=O)cc1. The van der Waals surface area contributed by atoms with Gasteiger partial charge in [0.05, 0.1) is 17.1 Å². The maximum Gasteiger partial charge on any atom is 0.349 e. The van der Waals surface area contributed by atoms with Gasteiger partial charge in [0.25, 0.3) is 5.56 Å². The van der Waals surface area contributed by atoms with Crippen molar-refractivity contribution in [3.8, 4) is 0 Å². The van der Waals surface area contributed by atoms with E-state index in [-0.39, 0.29) is 0 Å². The highest BCUT2D eigenvalue weighted by Crippen LogP contribution is 2.14. The van der Waals surface area contributed by atoms with Crippen LogP contribution in [0.15, 0.2) is 63.2 Å². The molecular formula is C19H20N4O2. The summed E-state index contributed by atoms with van der Waals surface area (Å²) in [6, 6.07) is 14.7. The molecule has 0 unspecified atom stereocenters. The fraction of sp³-hybridized carbons (Fsp3) is 0.211. The van der Waals surface area contributed by atoms with E-state index in [9.17, 15) is 9.59 Å². The molecule has 0 saturated heterocycles. The molecule has 0 spiro atoms. The van der Waals surface area contributed by atoms with Gasteiger partial charge in [-0.1, -0.05) is 24.3 Å². The molecule has 0 bridgehead atoms. The first kappa shape index (κ1) is 16.7. The lowest BCUT2D eigenvalue weighted by atomic mass is 10.2. The van der Waals surface area contributed by atoms with Crippen LogP contribution in [0.1, 0.15) is 19.4 Å². The molecule has 3 aromatic rings. The first-order valence-corrected chi connectivity index (χ1v) is 8.27. The maximum absolute atomic E-state index is 12.4. The minimum absolute atomic E-state index is 0.427. The number of rotatable bonds is 5. The van der Waals surface area contributed by atoms with Gasteiger partial charge in [-0.3, -0.25) is 4.79 Å². The van der Waals surface area contributed by atoms with Crippen LogP contribution in [0.4, 0.5) is 5.69 Å². The Bertz CT molecular complexity index is 1010. The second kappa shape index (κ2) is 7.17. The maximum atomic E-state index is 12.4. The quantitative estimate of drug-likeness (QED) is 0.728. The first-order valence-electron chi connectivity index (χ1n) is 8.27. The molecule has 0 radical (unpaired) electrons. The molecular weight excluding hydrogens is 316 g/mol. The normalized spacial score (nSPS) is 11.3. The van der Waals surface area contributed by atoms with Crippen LogP contribution >= 0.6 is 0 Å². The molecule has 2 aromatic carbocycles. The number of nitrogens with zero attached hydrogens (tertiary/aromatic N) is 3. The lowest BCUT2D eigenvalue weighted by molar-refractivity contribution is 0.771. The lowest BCUT2D eigenvalue weighted by Crippen LogP contribution is -2.32. The summed E-state index contributed by atoms with van der Waals surface area (Å²) < 4.78 is 0.848. The molecule has 6 heteroatoms. The molecule has 0 atom stereocenters. The first-order chi connectivity index (χ1) is 12.1. The molecule has 25 heavy (non-hydrogen) atoms. The van der Waals surface area contributed by atoms with E-state index in [1.54, 1.807) is 24.3 Å². The summed E-state index contributed by atoms with van der Waals surface area (Å²) in [5.74, 6) is 0. The van der Waals surface area contributed by atoms with Crippen molar-refractivity contribution in [2.75, 3.05) is 18.0 Å². The Hall–Kier alpha value is -3.15. The van der Waals surface area contributed by atoms with Gasteiger partial charge in [0.15, 0.2) is 0 Å². The van der Waals surface area contributed by atoms with Crippen molar-refractivity contribution in [1.82, 2.24) is 9.66 Å². The Kier molecular flexibility index (Phi) is 4.79. The summed E-state index contributed by atoms with van der Waals surface area (Å²) >= 11 is 0. The summed E-state index contributed by atoms with van der Waals surface area (Å²) in [7, 11) is 0. The number of fused-ring (bicyclic) bond motifs is 1. The Labute approximate surface area is 145 Å².